The quantitative estimate of drug-likeness (QED) is 0.501. The lowest BCUT2D eigenvalue weighted by Gasteiger charge is -2.23. The maximum absolute atomic E-state index is 12.1. The standard InChI is InChI=1S/C13H22N4O4S.ClH/c1-21-6-5-16-22(19,20)11-7-12(15-9-11)13(18)17-10-3-2-4-14-8-10;/h7,9-10,14-16H,2-6,8H2,1H3,(H,17,18);1H/t10-;/m0./s1. The zero-order valence-corrected chi connectivity index (χ0v) is 14.6. The number of carbonyl (C=O) groups is 1. The number of aromatic nitrogens is 1. The third-order valence-corrected chi connectivity index (χ3v) is 4.88. The molecule has 1 fully saturated rings. The van der Waals surface area contributed by atoms with Crippen LogP contribution in [-0.4, -0.2) is 58.7 Å². The van der Waals surface area contributed by atoms with Gasteiger partial charge in [0.05, 0.1) is 6.61 Å². The molecule has 0 radical (unpaired) electrons. The van der Waals surface area contributed by atoms with E-state index in [1.165, 1.54) is 19.4 Å². The third-order valence-electron chi connectivity index (χ3n) is 3.44. The summed E-state index contributed by atoms with van der Waals surface area (Å²) < 4.78 is 31.2. The lowest BCUT2D eigenvalue weighted by molar-refractivity contribution is 0.0926. The van der Waals surface area contributed by atoms with Crippen molar-refractivity contribution in [1.82, 2.24) is 20.3 Å². The van der Waals surface area contributed by atoms with Crippen LogP contribution in [-0.2, 0) is 14.8 Å². The monoisotopic (exact) mass is 366 g/mol. The molecule has 0 saturated carbocycles. The number of hydrogen-bond donors (Lipinski definition) is 4. The lowest BCUT2D eigenvalue weighted by atomic mass is 10.1. The van der Waals surface area contributed by atoms with E-state index in [0.29, 0.717) is 0 Å². The van der Waals surface area contributed by atoms with Crippen molar-refractivity contribution in [1.29, 1.82) is 0 Å². The lowest BCUT2D eigenvalue weighted by Crippen LogP contribution is -2.45. The Kier molecular flexibility index (Phi) is 8.00. The minimum Gasteiger partial charge on any atom is -0.383 e. The third kappa shape index (κ3) is 5.78. The number of sulfonamides is 1. The van der Waals surface area contributed by atoms with Gasteiger partial charge in [-0.1, -0.05) is 0 Å². The number of aromatic amines is 1. The van der Waals surface area contributed by atoms with Crippen molar-refractivity contribution in [3.8, 4) is 0 Å². The second kappa shape index (κ2) is 9.24. The summed E-state index contributed by atoms with van der Waals surface area (Å²) in [5, 5.41) is 6.09. The predicted octanol–water partition coefficient (Wildman–Crippen LogP) is -0.157. The summed E-state index contributed by atoms with van der Waals surface area (Å²) in [6.07, 6.45) is 3.24. The molecule has 0 aromatic carbocycles. The summed E-state index contributed by atoms with van der Waals surface area (Å²) in [7, 11) is -2.14. The molecular formula is C13H23ClN4O4S. The molecule has 1 aromatic rings. The van der Waals surface area contributed by atoms with Gasteiger partial charge >= 0.3 is 0 Å². The van der Waals surface area contributed by atoms with E-state index in [1.807, 2.05) is 0 Å². The zero-order valence-electron chi connectivity index (χ0n) is 12.9. The van der Waals surface area contributed by atoms with Gasteiger partial charge in [-0.3, -0.25) is 4.79 Å². The Balaban J connectivity index is 0.00000264. The Hall–Kier alpha value is -1.13. The fourth-order valence-corrected chi connectivity index (χ4v) is 3.27. The Morgan fingerprint density at radius 2 is 2.26 bits per heavy atom. The van der Waals surface area contributed by atoms with Gasteiger partial charge in [0.2, 0.25) is 10.0 Å². The van der Waals surface area contributed by atoms with Crippen LogP contribution in [0.4, 0.5) is 0 Å². The molecule has 2 rings (SSSR count). The zero-order chi connectivity index (χ0) is 16.0. The highest BCUT2D eigenvalue weighted by atomic mass is 35.5. The molecule has 1 aliphatic heterocycles. The maximum Gasteiger partial charge on any atom is 0.267 e. The summed E-state index contributed by atoms with van der Waals surface area (Å²) >= 11 is 0. The molecule has 0 spiro atoms. The van der Waals surface area contributed by atoms with Crippen molar-refractivity contribution in [3.05, 3.63) is 18.0 Å². The van der Waals surface area contributed by atoms with Crippen LogP contribution < -0.4 is 15.4 Å². The molecule has 4 N–H and O–H groups in total. The van der Waals surface area contributed by atoms with E-state index < -0.39 is 10.0 Å². The molecule has 1 aromatic heterocycles. The predicted molar refractivity (Wildman–Crippen MR) is 88.5 cm³/mol. The summed E-state index contributed by atoms with van der Waals surface area (Å²) in [6.45, 7) is 2.16. The van der Waals surface area contributed by atoms with Gasteiger partial charge in [-0.25, -0.2) is 13.1 Å². The van der Waals surface area contributed by atoms with Gasteiger partial charge in [0.15, 0.2) is 0 Å². The van der Waals surface area contributed by atoms with Crippen LogP contribution in [0.15, 0.2) is 17.2 Å². The van der Waals surface area contributed by atoms with Gasteiger partial charge in [0.1, 0.15) is 10.6 Å². The van der Waals surface area contributed by atoms with Crippen molar-refractivity contribution >= 4 is 28.3 Å². The van der Waals surface area contributed by atoms with E-state index >= 15 is 0 Å². The highest BCUT2D eigenvalue weighted by Crippen LogP contribution is 2.11. The maximum atomic E-state index is 12.1. The topological polar surface area (TPSA) is 112 Å². The second-order valence-corrected chi connectivity index (χ2v) is 6.92. The van der Waals surface area contributed by atoms with Gasteiger partial charge in [0, 0.05) is 32.4 Å². The Labute approximate surface area is 142 Å². The van der Waals surface area contributed by atoms with Crippen LogP contribution in [0.2, 0.25) is 0 Å². The largest absolute Gasteiger partial charge is 0.383 e. The molecular weight excluding hydrogens is 344 g/mol. The number of hydrogen-bond acceptors (Lipinski definition) is 5. The molecule has 132 valence electrons. The molecule has 0 unspecified atom stereocenters. The van der Waals surface area contributed by atoms with Crippen molar-refractivity contribution in [2.24, 2.45) is 0 Å². The molecule has 0 bridgehead atoms. The minimum atomic E-state index is -3.63. The Morgan fingerprint density at radius 1 is 1.48 bits per heavy atom. The number of nitrogens with one attached hydrogen (secondary N) is 4. The van der Waals surface area contributed by atoms with Crippen LogP contribution in [0.3, 0.4) is 0 Å². The molecule has 0 aliphatic carbocycles. The Bertz CT molecular complexity index is 599. The number of H-pyrrole nitrogens is 1. The molecule has 1 saturated heterocycles. The molecule has 1 amide bonds. The molecule has 1 atom stereocenters. The Morgan fingerprint density at radius 3 is 2.91 bits per heavy atom. The fraction of sp³-hybridized carbons (Fsp3) is 0.615. The van der Waals surface area contributed by atoms with Gasteiger partial charge < -0.3 is 20.4 Å². The van der Waals surface area contributed by atoms with Gasteiger partial charge in [-0.2, -0.15) is 0 Å². The second-order valence-electron chi connectivity index (χ2n) is 5.16. The first-order valence-electron chi connectivity index (χ1n) is 7.21. The highest BCUT2D eigenvalue weighted by Gasteiger charge is 2.20. The average Bonchev–Trinajstić information content (AvgIpc) is 2.99. The van der Waals surface area contributed by atoms with Gasteiger partial charge in [-0.15, -0.1) is 12.4 Å². The van der Waals surface area contributed by atoms with Crippen molar-refractivity contribution in [3.63, 3.8) is 0 Å². The molecule has 23 heavy (non-hydrogen) atoms. The van der Waals surface area contributed by atoms with E-state index in [4.69, 9.17) is 4.74 Å². The summed E-state index contributed by atoms with van der Waals surface area (Å²) in [6, 6.07) is 1.41. The average molecular weight is 367 g/mol. The number of halogens is 1. The first-order chi connectivity index (χ1) is 10.5. The number of ether oxygens (including phenoxy) is 1. The first-order valence-corrected chi connectivity index (χ1v) is 8.70. The van der Waals surface area contributed by atoms with E-state index in [-0.39, 0.29) is 48.1 Å². The number of piperidine rings is 1. The molecule has 2 heterocycles. The first kappa shape index (κ1) is 19.9. The van der Waals surface area contributed by atoms with E-state index in [0.717, 1.165) is 25.9 Å². The fourth-order valence-electron chi connectivity index (χ4n) is 2.26. The smallest absolute Gasteiger partial charge is 0.267 e. The number of carbonyl (C=O) groups excluding carboxylic acids is 1. The van der Waals surface area contributed by atoms with Crippen LogP contribution >= 0.6 is 12.4 Å². The SMILES string of the molecule is COCCNS(=O)(=O)c1c[nH]c(C(=O)N[C@H]2CCCNC2)c1.Cl. The number of rotatable bonds is 7. The highest BCUT2D eigenvalue weighted by molar-refractivity contribution is 7.89. The normalized spacial score (nSPS) is 18.2. The summed E-state index contributed by atoms with van der Waals surface area (Å²) in [5.74, 6) is -0.299. The van der Waals surface area contributed by atoms with Crippen molar-refractivity contribution in [2.45, 2.75) is 23.8 Å². The van der Waals surface area contributed by atoms with Crippen molar-refractivity contribution < 1.29 is 17.9 Å². The number of methoxy groups -OCH3 is 1. The summed E-state index contributed by atoms with van der Waals surface area (Å²) in [4.78, 5) is 14.9. The molecule has 8 nitrogen and oxygen atoms in total. The van der Waals surface area contributed by atoms with Crippen LogP contribution in [0, 0.1) is 0 Å². The van der Waals surface area contributed by atoms with E-state index in [9.17, 15) is 13.2 Å². The van der Waals surface area contributed by atoms with E-state index in [2.05, 4.69) is 20.3 Å². The molecule has 10 heteroatoms. The van der Waals surface area contributed by atoms with Crippen LogP contribution in [0.5, 0.6) is 0 Å². The van der Waals surface area contributed by atoms with E-state index in [1.54, 1.807) is 0 Å². The van der Waals surface area contributed by atoms with Crippen LogP contribution in [0.1, 0.15) is 23.3 Å². The molecule has 1 aliphatic rings. The number of amides is 1. The van der Waals surface area contributed by atoms with Crippen molar-refractivity contribution in [2.75, 3.05) is 33.4 Å². The van der Waals surface area contributed by atoms with Crippen LogP contribution in [0.25, 0.3) is 0 Å². The minimum absolute atomic E-state index is 0. The summed E-state index contributed by atoms with van der Waals surface area (Å²) in [5.41, 5.74) is 0.234. The van der Waals surface area contributed by atoms with Gasteiger partial charge in [0.25, 0.3) is 5.91 Å². The van der Waals surface area contributed by atoms with Gasteiger partial charge in [-0.05, 0) is 25.5 Å².